The minimum atomic E-state index is -4.02. The molecule has 0 unspecified atom stereocenters. The molecule has 23 heavy (non-hydrogen) atoms. The van der Waals surface area contributed by atoms with Crippen molar-refractivity contribution in [3.8, 4) is 0 Å². The lowest BCUT2D eigenvalue weighted by Gasteiger charge is -2.22. The largest absolute Gasteiger partial charge is 0.465 e. The zero-order valence-corrected chi connectivity index (χ0v) is 14.4. The molecule has 0 bridgehead atoms. The topological polar surface area (TPSA) is 63.7 Å². The molecule has 2 rings (SSSR count). The third-order valence-corrected chi connectivity index (χ3v) is 6.26. The van der Waals surface area contributed by atoms with E-state index in [9.17, 15) is 17.6 Å². The summed E-state index contributed by atoms with van der Waals surface area (Å²) in [6.45, 7) is 1.23. The number of halogens is 2. The first kappa shape index (κ1) is 17.7. The van der Waals surface area contributed by atoms with Crippen LogP contribution < -0.4 is 4.31 Å². The number of thiophene rings is 1. The number of hydrogen-bond acceptors (Lipinski definition) is 5. The van der Waals surface area contributed by atoms with Gasteiger partial charge in [0, 0.05) is 0 Å². The summed E-state index contributed by atoms with van der Waals surface area (Å²) in [5.74, 6) is -1.22. The van der Waals surface area contributed by atoms with E-state index in [0.717, 1.165) is 27.8 Å². The molecule has 0 N–H and O–H groups in total. The van der Waals surface area contributed by atoms with E-state index in [4.69, 9.17) is 16.3 Å². The second-order valence-corrected chi connectivity index (χ2v) is 8.16. The number of rotatable bonds is 6. The van der Waals surface area contributed by atoms with Crippen molar-refractivity contribution in [1.29, 1.82) is 0 Å². The third kappa shape index (κ3) is 4.21. The van der Waals surface area contributed by atoms with E-state index in [-0.39, 0.29) is 16.5 Å². The summed E-state index contributed by atoms with van der Waals surface area (Å²) in [4.78, 5) is 11.8. The SMILES string of the molecule is CCOC(=O)CN(c1ccc(F)cc1)S(=O)(=O)c1ccc(Cl)s1. The number of hydrogen-bond donors (Lipinski definition) is 0. The zero-order valence-electron chi connectivity index (χ0n) is 12.0. The van der Waals surface area contributed by atoms with E-state index in [1.54, 1.807) is 6.92 Å². The van der Waals surface area contributed by atoms with Crippen LogP contribution in [0.2, 0.25) is 4.34 Å². The Labute approximate surface area is 142 Å². The van der Waals surface area contributed by atoms with E-state index in [1.807, 2.05) is 0 Å². The maximum absolute atomic E-state index is 13.1. The molecule has 124 valence electrons. The zero-order chi connectivity index (χ0) is 17.0. The Morgan fingerprint density at radius 2 is 1.91 bits per heavy atom. The average Bonchev–Trinajstić information content (AvgIpc) is 2.93. The van der Waals surface area contributed by atoms with E-state index in [0.29, 0.717) is 4.34 Å². The minimum absolute atomic E-state index is 0.0175. The van der Waals surface area contributed by atoms with Gasteiger partial charge in [0.05, 0.1) is 16.6 Å². The van der Waals surface area contributed by atoms with Gasteiger partial charge in [-0.25, -0.2) is 12.8 Å². The van der Waals surface area contributed by atoms with Crippen molar-refractivity contribution >= 4 is 44.6 Å². The molecule has 1 heterocycles. The molecule has 0 amide bonds. The summed E-state index contributed by atoms with van der Waals surface area (Å²) < 4.78 is 44.5. The lowest BCUT2D eigenvalue weighted by atomic mass is 10.3. The van der Waals surface area contributed by atoms with Gasteiger partial charge in [-0.2, -0.15) is 0 Å². The number of carbonyl (C=O) groups is 1. The highest BCUT2D eigenvalue weighted by Crippen LogP contribution is 2.30. The molecule has 0 saturated carbocycles. The lowest BCUT2D eigenvalue weighted by molar-refractivity contribution is -0.141. The van der Waals surface area contributed by atoms with Crippen LogP contribution in [0.4, 0.5) is 10.1 Å². The average molecular weight is 378 g/mol. The first-order valence-corrected chi connectivity index (χ1v) is 9.17. The Morgan fingerprint density at radius 1 is 1.26 bits per heavy atom. The van der Waals surface area contributed by atoms with E-state index < -0.39 is 28.4 Å². The van der Waals surface area contributed by atoms with Crippen molar-refractivity contribution in [1.82, 2.24) is 0 Å². The summed E-state index contributed by atoms with van der Waals surface area (Å²) in [5.41, 5.74) is 0.156. The van der Waals surface area contributed by atoms with Crippen LogP contribution in [0, 0.1) is 5.82 Å². The third-order valence-electron chi connectivity index (χ3n) is 2.79. The molecule has 0 aliphatic heterocycles. The standard InChI is InChI=1S/C14H13ClFNO4S2/c1-2-21-13(18)9-17(11-5-3-10(16)4-6-11)23(19,20)14-8-7-12(15)22-14/h3-8H,2,9H2,1H3. The molecular formula is C14H13ClFNO4S2. The Morgan fingerprint density at radius 3 is 2.43 bits per heavy atom. The fraction of sp³-hybridized carbons (Fsp3) is 0.214. The van der Waals surface area contributed by atoms with Crippen LogP contribution in [0.1, 0.15) is 6.92 Å². The predicted molar refractivity (Wildman–Crippen MR) is 86.9 cm³/mol. The van der Waals surface area contributed by atoms with Gasteiger partial charge in [-0.05, 0) is 43.3 Å². The normalized spacial score (nSPS) is 11.3. The Kier molecular flexibility index (Phi) is 5.61. The summed E-state index contributed by atoms with van der Waals surface area (Å²) in [6.07, 6.45) is 0. The lowest BCUT2D eigenvalue weighted by Crippen LogP contribution is -2.36. The van der Waals surface area contributed by atoms with E-state index in [1.165, 1.54) is 24.3 Å². The maximum atomic E-state index is 13.1. The van der Waals surface area contributed by atoms with Crippen LogP contribution in [0.15, 0.2) is 40.6 Å². The molecule has 1 aromatic carbocycles. The van der Waals surface area contributed by atoms with Crippen LogP contribution in [0.25, 0.3) is 0 Å². The smallest absolute Gasteiger partial charge is 0.326 e. The number of esters is 1. The minimum Gasteiger partial charge on any atom is -0.465 e. The van der Waals surface area contributed by atoms with Gasteiger partial charge < -0.3 is 4.74 Å². The monoisotopic (exact) mass is 377 g/mol. The molecule has 0 aliphatic rings. The second kappa shape index (κ2) is 7.29. The summed E-state index contributed by atoms with van der Waals surface area (Å²) in [6, 6.07) is 7.59. The summed E-state index contributed by atoms with van der Waals surface area (Å²) >= 11 is 6.66. The fourth-order valence-corrected chi connectivity index (χ4v) is 4.80. The van der Waals surface area contributed by atoms with Gasteiger partial charge in [0.15, 0.2) is 0 Å². The van der Waals surface area contributed by atoms with Gasteiger partial charge in [0.25, 0.3) is 10.0 Å². The van der Waals surface area contributed by atoms with E-state index >= 15 is 0 Å². The Hall–Kier alpha value is -1.64. The van der Waals surface area contributed by atoms with Gasteiger partial charge in [0.1, 0.15) is 16.6 Å². The van der Waals surface area contributed by atoms with Crippen molar-refractivity contribution in [2.75, 3.05) is 17.5 Å². The molecule has 0 aliphatic carbocycles. The van der Waals surface area contributed by atoms with Gasteiger partial charge >= 0.3 is 5.97 Å². The number of carbonyl (C=O) groups excluding carboxylic acids is 1. The number of sulfonamides is 1. The van der Waals surface area contributed by atoms with E-state index in [2.05, 4.69) is 0 Å². The molecule has 0 radical (unpaired) electrons. The highest BCUT2D eigenvalue weighted by atomic mass is 35.5. The van der Waals surface area contributed by atoms with Gasteiger partial charge in [0.2, 0.25) is 0 Å². The second-order valence-electron chi connectivity index (χ2n) is 4.35. The van der Waals surface area contributed by atoms with Crippen molar-refractivity contribution in [3.63, 3.8) is 0 Å². The fourth-order valence-electron chi connectivity index (χ4n) is 1.79. The summed E-state index contributed by atoms with van der Waals surface area (Å²) in [7, 11) is -4.02. The molecule has 0 saturated heterocycles. The molecule has 9 heteroatoms. The molecule has 0 spiro atoms. The summed E-state index contributed by atoms with van der Waals surface area (Å²) in [5, 5.41) is 0. The predicted octanol–water partition coefficient (Wildman–Crippen LogP) is 3.30. The molecule has 5 nitrogen and oxygen atoms in total. The van der Waals surface area contributed by atoms with Gasteiger partial charge in [-0.15, -0.1) is 11.3 Å². The molecule has 0 atom stereocenters. The van der Waals surface area contributed by atoms with Crippen molar-refractivity contribution in [3.05, 3.63) is 46.6 Å². The first-order valence-electron chi connectivity index (χ1n) is 6.54. The van der Waals surface area contributed by atoms with Crippen LogP contribution in [-0.2, 0) is 19.6 Å². The van der Waals surface area contributed by atoms with Crippen molar-refractivity contribution in [2.45, 2.75) is 11.1 Å². The van der Waals surface area contributed by atoms with Crippen molar-refractivity contribution < 1.29 is 22.3 Å². The van der Waals surface area contributed by atoms with Gasteiger partial charge in [-0.3, -0.25) is 9.10 Å². The molecule has 0 fully saturated rings. The van der Waals surface area contributed by atoms with Crippen LogP contribution in [0.3, 0.4) is 0 Å². The van der Waals surface area contributed by atoms with Crippen LogP contribution >= 0.6 is 22.9 Å². The first-order chi connectivity index (χ1) is 10.8. The number of benzene rings is 1. The quantitative estimate of drug-likeness (QED) is 0.724. The number of anilines is 1. The van der Waals surface area contributed by atoms with Gasteiger partial charge in [-0.1, -0.05) is 11.6 Å². The Bertz CT molecular complexity index is 789. The van der Waals surface area contributed by atoms with Crippen LogP contribution in [0.5, 0.6) is 0 Å². The Balaban J connectivity index is 2.44. The molecular weight excluding hydrogens is 365 g/mol. The maximum Gasteiger partial charge on any atom is 0.326 e. The van der Waals surface area contributed by atoms with Crippen molar-refractivity contribution in [2.24, 2.45) is 0 Å². The molecule has 2 aromatic rings. The molecule has 1 aromatic heterocycles. The highest BCUT2D eigenvalue weighted by Gasteiger charge is 2.29. The number of ether oxygens (including phenoxy) is 1. The van der Waals surface area contributed by atoms with Crippen LogP contribution in [-0.4, -0.2) is 27.5 Å². The number of nitrogens with zero attached hydrogens (tertiary/aromatic N) is 1. The highest BCUT2D eigenvalue weighted by molar-refractivity contribution is 7.94.